The van der Waals surface area contributed by atoms with Crippen molar-refractivity contribution < 1.29 is 23.5 Å². The molecule has 0 aliphatic carbocycles. The van der Waals surface area contributed by atoms with E-state index < -0.39 is 17.6 Å². The standard InChI is InChI=1S/C23H17FN4O4/c1-12-19-20-16(11-25-21(19)28(26-12)14-6-4-5-13(24)9-14)22(29)27(23(20)30)17-10-15(31-2)7-8-18(17)32-3/h4-11H,1-3H3. The molecule has 160 valence electrons. The molecule has 9 heteroatoms. The monoisotopic (exact) mass is 432 g/mol. The van der Waals surface area contributed by atoms with Crippen molar-refractivity contribution in [2.75, 3.05) is 19.1 Å². The number of pyridine rings is 1. The number of aromatic nitrogens is 3. The van der Waals surface area contributed by atoms with Crippen molar-refractivity contribution in [3.63, 3.8) is 0 Å². The van der Waals surface area contributed by atoms with Gasteiger partial charge in [0.1, 0.15) is 17.3 Å². The summed E-state index contributed by atoms with van der Waals surface area (Å²) in [4.78, 5) is 32.2. The predicted octanol–water partition coefficient (Wildman–Crippen LogP) is 3.69. The number of carbonyl (C=O) groups is 2. The van der Waals surface area contributed by atoms with E-state index in [9.17, 15) is 14.0 Å². The molecule has 0 saturated heterocycles. The summed E-state index contributed by atoms with van der Waals surface area (Å²) >= 11 is 0. The molecule has 4 aromatic rings. The maximum absolute atomic E-state index is 13.8. The number of hydrogen-bond acceptors (Lipinski definition) is 6. The Bertz CT molecular complexity index is 1430. The second-order valence-electron chi connectivity index (χ2n) is 7.21. The van der Waals surface area contributed by atoms with Gasteiger partial charge in [-0.1, -0.05) is 6.07 Å². The number of nitrogens with zero attached hydrogens (tertiary/aromatic N) is 4. The van der Waals surface area contributed by atoms with Crippen molar-refractivity contribution in [1.82, 2.24) is 14.8 Å². The van der Waals surface area contributed by atoms with Gasteiger partial charge in [-0.2, -0.15) is 5.10 Å². The van der Waals surface area contributed by atoms with Gasteiger partial charge >= 0.3 is 0 Å². The van der Waals surface area contributed by atoms with Crippen LogP contribution in [0.25, 0.3) is 16.7 Å². The number of carbonyl (C=O) groups excluding carboxylic acids is 2. The molecule has 0 spiro atoms. The Labute approximate surface area is 181 Å². The molecule has 1 aliphatic heterocycles. The van der Waals surface area contributed by atoms with E-state index in [2.05, 4.69) is 10.1 Å². The van der Waals surface area contributed by atoms with Crippen LogP contribution in [0.1, 0.15) is 26.4 Å². The van der Waals surface area contributed by atoms with Gasteiger partial charge in [0.25, 0.3) is 11.8 Å². The molecule has 0 unspecified atom stereocenters. The van der Waals surface area contributed by atoms with Crippen molar-refractivity contribution in [3.8, 4) is 17.2 Å². The second-order valence-corrected chi connectivity index (χ2v) is 7.21. The first-order valence-electron chi connectivity index (χ1n) is 9.69. The first-order valence-corrected chi connectivity index (χ1v) is 9.69. The molecule has 2 amide bonds. The second kappa shape index (κ2) is 7.16. The van der Waals surface area contributed by atoms with Crippen molar-refractivity contribution in [2.24, 2.45) is 0 Å². The normalized spacial score (nSPS) is 13.1. The SMILES string of the molecule is COc1ccc(OC)c(N2C(=O)c3cnc4c(c(C)nn4-c4cccc(F)c4)c3C2=O)c1. The van der Waals surface area contributed by atoms with Crippen LogP contribution in [0, 0.1) is 12.7 Å². The zero-order chi connectivity index (χ0) is 22.6. The van der Waals surface area contributed by atoms with Gasteiger partial charge in [0.05, 0.1) is 47.8 Å². The van der Waals surface area contributed by atoms with Gasteiger partial charge in [-0.3, -0.25) is 9.59 Å². The fourth-order valence-corrected chi connectivity index (χ4v) is 3.94. The first kappa shape index (κ1) is 19.7. The summed E-state index contributed by atoms with van der Waals surface area (Å²) in [7, 11) is 2.95. The molecule has 0 radical (unpaired) electrons. The third kappa shape index (κ3) is 2.74. The zero-order valence-corrected chi connectivity index (χ0v) is 17.4. The topological polar surface area (TPSA) is 86.6 Å². The maximum atomic E-state index is 13.8. The fourth-order valence-electron chi connectivity index (χ4n) is 3.94. The van der Waals surface area contributed by atoms with Gasteiger partial charge < -0.3 is 9.47 Å². The number of benzene rings is 2. The fraction of sp³-hybridized carbons (Fsp3) is 0.130. The van der Waals surface area contributed by atoms with Crippen molar-refractivity contribution in [3.05, 3.63) is 71.3 Å². The molecule has 0 fully saturated rings. The van der Waals surface area contributed by atoms with Crippen LogP contribution in [0.15, 0.2) is 48.7 Å². The molecular weight excluding hydrogens is 415 g/mol. The van der Waals surface area contributed by atoms with Crippen LogP contribution in [0.5, 0.6) is 11.5 Å². The third-order valence-corrected chi connectivity index (χ3v) is 5.40. The van der Waals surface area contributed by atoms with E-state index in [4.69, 9.17) is 9.47 Å². The van der Waals surface area contributed by atoms with E-state index in [1.807, 2.05) is 0 Å². The number of imide groups is 1. The highest BCUT2D eigenvalue weighted by Gasteiger charge is 2.41. The smallest absolute Gasteiger partial charge is 0.267 e. The summed E-state index contributed by atoms with van der Waals surface area (Å²) in [6, 6.07) is 10.8. The Morgan fingerprint density at radius 3 is 2.53 bits per heavy atom. The van der Waals surface area contributed by atoms with E-state index in [-0.39, 0.29) is 16.8 Å². The predicted molar refractivity (Wildman–Crippen MR) is 114 cm³/mol. The van der Waals surface area contributed by atoms with Gasteiger partial charge in [0.15, 0.2) is 5.65 Å². The lowest BCUT2D eigenvalue weighted by atomic mass is 10.1. The molecule has 0 bridgehead atoms. The lowest BCUT2D eigenvalue weighted by molar-refractivity contribution is 0.0925. The van der Waals surface area contributed by atoms with Crippen molar-refractivity contribution in [1.29, 1.82) is 0 Å². The van der Waals surface area contributed by atoms with Crippen LogP contribution >= 0.6 is 0 Å². The molecule has 3 heterocycles. The molecule has 0 saturated carbocycles. The Hall–Kier alpha value is -4.27. The summed E-state index contributed by atoms with van der Waals surface area (Å²) in [5, 5.41) is 4.90. The number of halogens is 1. The summed E-state index contributed by atoms with van der Waals surface area (Å²) in [6.45, 7) is 1.71. The molecule has 0 atom stereocenters. The number of methoxy groups -OCH3 is 2. The minimum atomic E-state index is -0.524. The van der Waals surface area contributed by atoms with E-state index in [0.717, 1.165) is 4.90 Å². The van der Waals surface area contributed by atoms with E-state index >= 15 is 0 Å². The average Bonchev–Trinajstić information content (AvgIpc) is 3.27. The summed E-state index contributed by atoms with van der Waals surface area (Å²) in [5.41, 5.74) is 1.93. The molecule has 1 aliphatic rings. The number of amides is 2. The van der Waals surface area contributed by atoms with Gasteiger partial charge in [-0.15, -0.1) is 0 Å². The first-order chi connectivity index (χ1) is 15.4. The third-order valence-electron chi connectivity index (χ3n) is 5.40. The Morgan fingerprint density at radius 1 is 1.00 bits per heavy atom. The highest BCUT2D eigenvalue weighted by molar-refractivity contribution is 6.37. The van der Waals surface area contributed by atoms with Crippen LogP contribution < -0.4 is 14.4 Å². The molecule has 2 aromatic carbocycles. The highest BCUT2D eigenvalue weighted by atomic mass is 19.1. The summed E-state index contributed by atoms with van der Waals surface area (Å²) in [5.74, 6) is -0.658. The number of anilines is 1. The molecule has 0 N–H and O–H groups in total. The van der Waals surface area contributed by atoms with E-state index in [1.54, 1.807) is 37.3 Å². The van der Waals surface area contributed by atoms with Gasteiger partial charge in [0, 0.05) is 12.3 Å². The minimum Gasteiger partial charge on any atom is -0.497 e. The number of ether oxygens (including phenoxy) is 2. The van der Waals surface area contributed by atoms with E-state index in [1.165, 1.54) is 37.2 Å². The lowest BCUT2D eigenvalue weighted by Gasteiger charge is -2.18. The number of hydrogen-bond donors (Lipinski definition) is 0. The van der Waals surface area contributed by atoms with Gasteiger partial charge in [-0.25, -0.2) is 19.0 Å². The summed E-state index contributed by atoms with van der Waals surface area (Å²) < 4.78 is 25.9. The van der Waals surface area contributed by atoms with E-state index in [0.29, 0.717) is 33.9 Å². The van der Waals surface area contributed by atoms with Crippen LogP contribution in [0.4, 0.5) is 10.1 Å². The molecule has 8 nitrogen and oxygen atoms in total. The van der Waals surface area contributed by atoms with Crippen LogP contribution in [0.2, 0.25) is 0 Å². The Balaban J connectivity index is 1.71. The quantitative estimate of drug-likeness (QED) is 0.457. The number of fused-ring (bicyclic) bond motifs is 3. The van der Waals surface area contributed by atoms with Crippen LogP contribution in [-0.2, 0) is 0 Å². The van der Waals surface area contributed by atoms with Gasteiger partial charge in [-0.05, 0) is 37.3 Å². The zero-order valence-electron chi connectivity index (χ0n) is 17.4. The number of rotatable bonds is 4. The largest absolute Gasteiger partial charge is 0.497 e. The minimum absolute atomic E-state index is 0.161. The number of aryl methyl sites for hydroxylation is 1. The molecular formula is C23H17FN4O4. The lowest BCUT2D eigenvalue weighted by Crippen LogP contribution is -2.29. The molecule has 2 aromatic heterocycles. The Morgan fingerprint density at radius 2 is 1.81 bits per heavy atom. The van der Waals surface area contributed by atoms with Crippen LogP contribution in [-0.4, -0.2) is 40.8 Å². The maximum Gasteiger partial charge on any atom is 0.267 e. The molecule has 32 heavy (non-hydrogen) atoms. The Kier molecular flexibility index (Phi) is 4.40. The van der Waals surface area contributed by atoms with Crippen LogP contribution in [0.3, 0.4) is 0 Å². The van der Waals surface area contributed by atoms with Gasteiger partial charge in [0.2, 0.25) is 0 Å². The van der Waals surface area contributed by atoms with Crippen molar-refractivity contribution >= 4 is 28.5 Å². The summed E-state index contributed by atoms with van der Waals surface area (Å²) in [6.07, 6.45) is 1.35. The highest BCUT2D eigenvalue weighted by Crippen LogP contribution is 2.39. The van der Waals surface area contributed by atoms with Crippen molar-refractivity contribution in [2.45, 2.75) is 6.92 Å². The average molecular weight is 432 g/mol. The molecule has 5 rings (SSSR count).